The largest absolute Gasteiger partial charge is 0.417 e. The second-order valence-corrected chi connectivity index (χ2v) is 26.8. The first-order valence-corrected chi connectivity index (χ1v) is 31.9. The zero-order valence-corrected chi connectivity index (χ0v) is 57.6. The summed E-state index contributed by atoms with van der Waals surface area (Å²) in [6, 6.07) is -5.01. The van der Waals surface area contributed by atoms with E-state index in [0.29, 0.717) is 6.42 Å². The maximum Gasteiger partial charge on any atom is 0.417 e. The number of likely N-dealkylation sites (N-methyl/N-ethyl adjacent to an activating group) is 6. The van der Waals surface area contributed by atoms with E-state index in [0.717, 1.165) is 67.0 Å². The van der Waals surface area contributed by atoms with Crippen LogP contribution in [0.5, 0.6) is 0 Å². The van der Waals surface area contributed by atoms with E-state index in [2.05, 4.69) is 21.3 Å². The van der Waals surface area contributed by atoms with Gasteiger partial charge in [-0.3, -0.25) is 52.7 Å². The molecule has 94 heavy (non-hydrogen) atoms. The number of aryl methyl sites for hydroxylation is 1. The molecule has 0 radical (unpaired) electrons. The highest BCUT2D eigenvalue weighted by Gasteiger charge is 2.46. The minimum Gasteiger partial charge on any atom is -0.343 e. The van der Waals surface area contributed by atoms with Crippen LogP contribution in [0, 0.1) is 17.8 Å². The van der Waals surface area contributed by atoms with Gasteiger partial charge in [0.15, 0.2) is 0 Å². The first-order chi connectivity index (χ1) is 43.4. The molecule has 22 nitrogen and oxygen atoms in total. The van der Waals surface area contributed by atoms with Crippen molar-refractivity contribution in [1.82, 2.24) is 55.6 Å². The van der Waals surface area contributed by atoms with Crippen LogP contribution in [0.25, 0.3) is 0 Å². The number of fused-ring (bicyclic) bond motifs is 1. The van der Waals surface area contributed by atoms with Crippen molar-refractivity contribution in [2.75, 3.05) is 55.4 Å². The number of rotatable bonds is 11. The molecule has 4 rings (SSSR count). The highest BCUT2D eigenvalue weighted by Crippen LogP contribution is 2.36. The van der Waals surface area contributed by atoms with Crippen molar-refractivity contribution in [3.63, 3.8) is 0 Å². The van der Waals surface area contributed by atoms with Crippen molar-refractivity contribution in [1.29, 1.82) is 0 Å². The topological polar surface area (TPSA) is 259 Å². The van der Waals surface area contributed by atoms with Gasteiger partial charge in [0.2, 0.25) is 65.0 Å². The summed E-state index contributed by atoms with van der Waals surface area (Å²) in [4.78, 5) is 167. The molecular formula is C65H94ClF6N11O11. The average Bonchev–Trinajstić information content (AvgIpc) is 0.799. The lowest BCUT2D eigenvalue weighted by atomic mass is 9.95. The van der Waals surface area contributed by atoms with Gasteiger partial charge in [0.1, 0.15) is 53.9 Å². The van der Waals surface area contributed by atoms with Gasteiger partial charge in [-0.05, 0) is 120 Å². The van der Waals surface area contributed by atoms with E-state index in [-0.39, 0.29) is 68.0 Å². The summed E-state index contributed by atoms with van der Waals surface area (Å²) in [5, 5.41) is 10.2. The zero-order chi connectivity index (χ0) is 71.6. The van der Waals surface area contributed by atoms with Gasteiger partial charge in [0.25, 0.3) is 0 Å². The van der Waals surface area contributed by atoms with Crippen LogP contribution in [0.3, 0.4) is 0 Å². The fourth-order valence-electron chi connectivity index (χ4n) is 10.8. The Bertz CT molecular complexity index is 3100. The molecule has 0 bridgehead atoms. The molecule has 29 heteroatoms. The summed E-state index contributed by atoms with van der Waals surface area (Å²) >= 11 is 6.08. The highest BCUT2D eigenvalue weighted by molar-refractivity contribution is 6.31. The fraction of sp³-hybridized carbons (Fsp3) is 0.646. The molecule has 1 unspecified atom stereocenters. The molecule has 11 amide bonds. The van der Waals surface area contributed by atoms with E-state index in [1.165, 1.54) is 79.8 Å². The van der Waals surface area contributed by atoms with E-state index in [1.807, 2.05) is 13.8 Å². The number of amides is 11. The van der Waals surface area contributed by atoms with Crippen molar-refractivity contribution in [2.45, 2.75) is 200 Å². The second-order valence-electron chi connectivity index (χ2n) is 26.3. The predicted molar refractivity (Wildman–Crippen MR) is 338 cm³/mol. The normalized spacial score (nSPS) is 25.4. The zero-order valence-electron chi connectivity index (χ0n) is 56.8. The third-order valence-corrected chi connectivity index (χ3v) is 18.5. The lowest BCUT2D eigenvalue weighted by Gasteiger charge is -2.44. The molecular weight excluding hydrogens is 1260 g/mol. The molecule has 4 N–H and O–H groups in total. The van der Waals surface area contributed by atoms with Crippen molar-refractivity contribution in [3.05, 3.63) is 69.7 Å². The molecule has 2 aromatic rings. The first-order valence-electron chi connectivity index (χ1n) is 31.5. The Morgan fingerprint density at radius 2 is 1.13 bits per heavy atom. The van der Waals surface area contributed by atoms with Gasteiger partial charge in [0, 0.05) is 67.7 Å². The number of nitrogens with one attached hydrogen (secondary N) is 4. The van der Waals surface area contributed by atoms with E-state index in [1.54, 1.807) is 34.6 Å². The first kappa shape index (κ1) is 78.9. The summed E-state index contributed by atoms with van der Waals surface area (Å²) in [7, 11) is 7.91. The molecule has 2 aromatic carbocycles. The van der Waals surface area contributed by atoms with Crippen molar-refractivity contribution in [3.8, 4) is 0 Å². The van der Waals surface area contributed by atoms with Crippen LogP contribution in [-0.4, -0.2) is 215 Å². The minimum atomic E-state index is -4.81. The molecule has 2 heterocycles. The summed E-state index contributed by atoms with van der Waals surface area (Å²) in [5.74, 6) is -9.50. The molecule has 2 aliphatic heterocycles. The molecule has 10 atom stereocenters. The number of carbonyl (C=O) groups excluding carboxylic acids is 11. The number of alkyl halides is 6. The minimum absolute atomic E-state index is 0.0303. The summed E-state index contributed by atoms with van der Waals surface area (Å²) in [6.45, 7) is 17.2. The quantitative estimate of drug-likeness (QED) is 0.199. The maximum atomic E-state index is 15.0. The lowest BCUT2D eigenvalue weighted by molar-refractivity contribution is -0.158. The third kappa shape index (κ3) is 20.0. The van der Waals surface area contributed by atoms with Crippen LogP contribution in [0.2, 0.25) is 5.02 Å². The van der Waals surface area contributed by atoms with Crippen LogP contribution in [0.1, 0.15) is 137 Å². The molecule has 524 valence electrons. The van der Waals surface area contributed by atoms with Gasteiger partial charge >= 0.3 is 12.4 Å². The Hall–Kier alpha value is -7.52. The molecule has 0 aromatic heterocycles. The van der Waals surface area contributed by atoms with Crippen LogP contribution >= 0.6 is 11.6 Å². The molecule has 0 saturated carbocycles. The smallest absolute Gasteiger partial charge is 0.343 e. The SMILES string of the molecule is CC[C@H](C)[C@@H]1NC(=O)[C@H](C)N(C)C(=O)C[C@@H](C)N(C)C(=O)[C@H](CC(C)C)NC(=O)C(C)(C)N(C)C(=O)[C@H](CC(C)C)NC(=O)[C@H](CCc2ccc(C(F)(F)F)c(Cl)c2)NC(=O)[C@@H](C)N(C)C(=O)[C@H](Cc2ccc(C(F)(F)F)cc2)N(C)C(=O)C2CCN2C(=O)CN(C)C1=O. The van der Waals surface area contributed by atoms with Gasteiger partial charge in [0.05, 0.1) is 22.7 Å². The predicted octanol–water partition coefficient (Wildman–Crippen LogP) is 5.70. The number of nitrogens with zero attached hydrogens (tertiary/aromatic N) is 7. The van der Waals surface area contributed by atoms with E-state index in [4.69, 9.17) is 11.6 Å². The monoisotopic (exact) mass is 1350 g/mol. The van der Waals surface area contributed by atoms with E-state index < -0.39 is 172 Å². The number of halogens is 7. The Labute approximate surface area is 551 Å². The summed E-state index contributed by atoms with van der Waals surface area (Å²) in [5.41, 5.74) is -3.54. The van der Waals surface area contributed by atoms with Gasteiger partial charge < -0.3 is 55.6 Å². The van der Waals surface area contributed by atoms with Gasteiger partial charge in [-0.15, -0.1) is 0 Å². The summed E-state index contributed by atoms with van der Waals surface area (Å²) < 4.78 is 82.6. The fourth-order valence-corrected chi connectivity index (χ4v) is 11.1. The van der Waals surface area contributed by atoms with Crippen molar-refractivity contribution < 1.29 is 79.1 Å². The maximum absolute atomic E-state index is 15.0. The summed E-state index contributed by atoms with van der Waals surface area (Å²) in [6.07, 6.45) is -10.3. The molecule has 2 aliphatic rings. The highest BCUT2D eigenvalue weighted by atomic mass is 35.5. The number of hydrogen-bond donors (Lipinski definition) is 4. The second kappa shape index (κ2) is 32.8. The Morgan fingerprint density at radius 3 is 1.64 bits per heavy atom. The Kier molecular flexibility index (Phi) is 27.5. The van der Waals surface area contributed by atoms with Crippen LogP contribution in [0.15, 0.2) is 42.5 Å². The molecule has 2 fully saturated rings. The molecule has 0 aliphatic carbocycles. The van der Waals surface area contributed by atoms with Gasteiger partial charge in [-0.2, -0.15) is 26.3 Å². The number of benzene rings is 2. The van der Waals surface area contributed by atoms with Crippen molar-refractivity contribution in [2.24, 2.45) is 17.8 Å². The molecule has 0 spiro atoms. The Balaban J connectivity index is 1.87. The molecule has 2 saturated heterocycles. The van der Waals surface area contributed by atoms with Crippen LogP contribution in [-0.2, 0) is 77.9 Å². The van der Waals surface area contributed by atoms with E-state index >= 15 is 0 Å². The van der Waals surface area contributed by atoms with Crippen molar-refractivity contribution >= 4 is 76.6 Å². The van der Waals surface area contributed by atoms with Gasteiger partial charge in [-0.25, -0.2) is 0 Å². The number of hydrogen-bond acceptors (Lipinski definition) is 11. The van der Waals surface area contributed by atoms with Crippen LogP contribution < -0.4 is 21.3 Å². The lowest BCUT2D eigenvalue weighted by Crippen LogP contribution is -2.64. The number of carbonyl (C=O) groups is 11. The third-order valence-electron chi connectivity index (χ3n) is 18.2. The van der Waals surface area contributed by atoms with E-state index in [9.17, 15) is 79.1 Å². The van der Waals surface area contributed by atoms with Gasteiger partial charge in [-0.1, -0.05) is 77.8 Å². The Morgan fingerprint density at radius 1 is 0.596 bits per heavy atom. The average molecular weight is 1350 g/mol. The van der Waals surface area contributed by atoms with Crippen LogP contribution in [0.4, 0.5) is 26.3 Å². The standard InChI is InChI=1S/C65H94ClF6N11O11/c1-18-37(6)53-61(93)77(12)34-52(85)83-28-27-49(83)59(91)81(16)50(33-42-19-23-43(24-20-42)64(67,68)69)60(92)80(15)40(9)54(86)73-46(26-22-41-21-25-44(45(66)32-41)65(70,71)72)56(88)74-48(30-36(4)5)58(90)82(17)63(10,11)62(94)75-47(29-35(2)3)57(89)78(13)38(7)31-51(84)79(14)39(8)55(87)76-53/h19-21,23-25,32,35-40,46-50,53H,18,22,26-31,33-34H2,1-17H3,(H,73,86)(H,74,88)(H,75,94)(H,76,87)/t37-,38+,39-,40+,46-,47-,48-,49?,50-,53-/m0/s1.